The Hall–Kier alpha value is -1.78. The van der Waals surface area contributed by atoms with E-state index in [4.69, 9.17) is 0 Å². The van der Waals surface area contributed by atoms with E-state index in [9.17, 15) is 19.8 Å². The Balaban J connectivity index is 2.05. The minimum atomic E-state index is -1.22. The molecule has 96 valence electrons. The van der Waals surface area contributed by atoms with E-state index in [2.05, 4.69) is 0 Å². The quantitative estimate of drug-likeness (QED) is 0.392. The number of aliphatic hydroxyl groups excluding tert-OH is 1. The van der Waals surface area contributed by atoms with Crippen LogP contribution in [0.15, 0.2) is 23.0 Å². The molecule has 3 rings (SSSR count). The number of hydrogen-bond acceptors (Lipinski definition) is 3. The fraction of sp³-hybridized carbons (Fsp3) is 0.538. The number of amides is 2. The molecule has 2 N–H and O–H groups in total. The molecule has 0 bridgehead atoms. The molecular formula is C13H15NO4. The van der Waals surface area contributed by atoms with Gasteiger partial charge in [-0.05, 0) is 37.7 Å². The Labute approximate surface area is 104 Å². The summed E-state index contributed by atoms with van der Waals surface area (Å²) in [5.74, 6) is -0.723. The molecular weight excluding hydrogens is 234 g/mol. The van der Waals surface area contributed by atoms with Gasteiger partial charge in [0.25, 0.3) is 5.91 Å². The van der Waals surface area contributed by atoms with Gasteiger partial charge in [0.15, 0.2) is 0 Å². The minimum Gasteiger partial charge on any atom is -0.515 e. The fourth-order valence-corrected chi connectivity index (χ4v) is 3.60. The molecule has 0 radical (unpaired) electrons. The van der Waals surface area contributed by atoms with Gasteiger partial charge in [0.05, 0.1) is 17.9 Å². The molecule has 0 aromatic rings. The maximum Gasteiger partial charge on any atom is 0.414 e. The van der Waals surface area contributed by atoms with Crippen molar-refractivity contribution >= 4 is 12.0 Å². The summed E-state index contributed by atoms with van der Waals surface area (Å²) < 4.78 is 0. The van der Waals surface area contributed by atoms with E-state index in [1.54, 1.807) is 0 Å². The van der Waals surface area contributed by atoms with Crippen molar-refractivity contribution < 1.29 is 19.8 Å². The first-order valence-electron chi connectivity index (χ1n) is 6.26. The molecule has 2 atom stereocenters. The van der Waals surface area contributed by atoms with Gasteiger partial charge in [0.1, 0.15) is 0 Å². The number of carbonyl (C=O) groups excluding carboxylic acids is 1. The molecule has 1 saturated heterocycles. The number of carbonyl (C=O) groups is 2. The number of likely N-dealkylation sites (tertiary alicyclic amines) is 1. The van der Waals surface area contributed by atoms with Crippen LogP contribution in [0.25, 0.3) is 0 Å². The maximum atomic E-state index is 12.0. The van der Waals surface area contributed by atoms with Gasteiger partial charge < -0.3 is 10.2 Å². The molecule has 1 fully saturated rings. The van der Waals surface area contributed by atoms with E-state index >= 15 is 0 Å². The minimum absolute atomic E-state index is 0.165. The van der Waals surface area contributed by atoms with E-state index in [1.165, 1.54) is 5.57 Å². The van der Waals surface area contributed by atoms with Crippen LogP contribution in [0.1, 0.15) is 32.1 Å². The summed E-state index contributed by atoms with van der Waals surface area (Å²) in [7, 11) is 0. The number of nitrogens with zero attached hydrogens (tertiary/aromatic N) is 1. The van der Waals surface area contributed by atoms with E-state index in [0.717, 1.165) is 48.8 Å². The molecule has 1 aliphatic heterocycles. The topological polar surface area (TPSA) is 77.8 Å². The molecule has 5 heteroatoms. The number of aliphatic hydroxyl groups is 1. The van der Waals surface area contributed by atoms with Crippen LogP contribution >= 0.6 is 0 Å². The molecule has 2 amide bonds. The van der Waals surface area contributed by atoms with Gasteiger partial charge in [-0.25, -0.2) is 9.69 Å². The van der Waals surface area contributed by atoms with E-state index in [0.29, 0.717) is 0 Å². The van der Waals surface area contributed by atoms with Crippen molar-refractivity contribution in [3.05, 3.63) is 23.0 Å². The van der Waals surface area contributed by atoms with Crippen molar-refractivity contribution in [2.75, 3.05) is 0 Å². The zero-order valence-corrected chi connectivity index (χ0v) is 9.93. The lowest BCUT2D eigenvalue weighted by Crippen LogP contribution is -2.39. The molecule has 3 aliphatic rings. The lowest BCUT2D eigenvalue weighted by atomic mass is 9.92. The van der Waals surface area contributed by atoms with Gasteiger partial charge in [-0.3, -0.25) is 4.79 Å². The van der Waals surface area contributed by atoms with Gasteiger partial charge in [0, 0.05) is 5.92 Å². The van der Waals surface area contributed by atoms with Crippen LogP contribution in [0, 0.1) is 5.92 Å². The highest BCUT2D eigenvalue weighted by Crippen LogP contribution is 2.49. The van der Waals surface area contributed by atoms with Gasteiger partial charge in [-0.15, -0.1) is 0 Å². The average molecular weight is 249 g/mol. The van der Waals surface area contributed by atoms with Gasteiger partial charge in [-0.2, -0.15) is 0 Å². The van der Waals surface area contributed by atoms with Crippen molar-refractivity contribution in [2.24, 2.45) is 5.92 Å². The predicted molar refractivity (Wildman–Crippen MR) is 63.0 cm³/mol. The normalized spacial score (nSPS) is 33.0. The largest absolute Gasteiger partial charge is 0.515 e. The zero-order chi connectivity index (χ0) is 12.9. The smallest absolute Gasteiger partial charge is 0.414 e. The van der Waals surface area contributed by atoms with Crippen LogP contribution in [-0.4, -0.2) is 33.2 Å². The highest BCUT2D eigenvalue weighted by molar-refractivity contribution is 6.06. The summed E-state index contributed by atoms with van der Waals surface area (Å²) in [5.41, 5.74) is 2.67. The lowest BCUT2D eigenvalue weighted by Gasteiger charge is -2.24. The van der Waals surface area contributed by atoms with Crippen molar-refractivity contribution in [1.29, 1.82) is 0 Å². The van der Waals surface area contributed by atoms with Crippen molar-refractivity contribution in [2.45, 2.75) is 38.1 Å². The first kappa shape index (κ1) is 11.3. The maximum absolute atomic E-state index is 12.0. The standard InChI is InChI=1S/C13H15NO4/c15-6-10-9-5-7-3-1-2-4-8(7)11(9)14(12(10)16)13(17)18/h6,9,11,15H,1-5H2,(H,17,18)/b10-6+. The molecule has 0 aromatic heterocycles. The second-order valence-corrected chi connectivity index (χ2v) is 5.13. The number of imide groups is 1. The number of hydrogen-bond donors (Lipinski definition) is 2. The van der Waals surface area contributed by atoms with E-state index < -0.39 is 12.0 Å². The van der Waals surface area contributed by atoms with Crippen LogP contribution in [0.2, 0.25) is 0 Å². The monoisotopic (exact) mass is 249 g/mol. The lowest BCUT2D eigenvalue weighted by molar-refractivity contribution is -0.123. The second-order valence-electron chi connectivity index (χ2n) is 5.13. The molecule has 18 heavy (non-hydrogen) atoms. The molecule has 5 nitrogen and oxygen atoms in total. The molecule has 0 saturated carbocycles. The summed E-state index contributed by atoms with van der Waals surface area (Å²) in [5, 5.41) is 18.4. The van der Waals surface area contributed by atoms with Crippen LogP contribution in [0.5, 0.6) is 0 Å². The SMILES string of the molecule is O=C(O)N1C(=O)/C(=C/O)C2CC3=C(CCCC3)C21. The first-order valence-corrected chi connectivity index (χ1v) is 6.26. The van der Waals surface area contributed by atoms with Crippen molar-refractivity contribution in [1.82, 2.24) is 4.90 Å². The highest BCUT2D eigenvalue weighted by atomic mass is 16.4. The third-order valence-corrected chi connectivity index (χ3v) is 4.32. The summed E-state index contributed by atoms with van der Waals surface area (Å²) in [6, 6.07) is -0.358. The summed E-state index contributed by atoms with van der Waals surface area (Å²) in [6.45, 7) is 0. The fourth-order valence-electron chi connectivity index (χ4n) is 3.60. The molecule has 0 spiro atoms. The van der Waals surface area contributed by atoms with Crippen LogP contribution in [-0.2, 0) is 4.79 Å². The summed E-state index contributed by atoms with van der Waals surface area (Å²) in [4.78, 5) is 24.1. The zero-order valence-electron chi connectivity index (χ0n) is 9.93. The van der Waals surface area contributed by atoms with Crippen molar-refractivity contribution in [3.63, 3.8) is 0 Å². The first-order chi connectivity index (χ1) is 8.65. The molecule has 1 heterocycles. The Bertz CT molecular complexity index is 491. The predicted octanol–water partition coefficient (Wildman–Crippen LogP) is 2.21. The Morgan fingerprint density at radius 2 is 2.06 bits per heavy atom. The number of fused-ring (bicyclic) bond motifs is 2. The Kier molecular flexibility index (Phi) is 2.43. The number of allylic oxidation sites excluding steroid dienone is 1. The highest BCUT2D eigenvalue weighted by Gasteiger charge is 2.52. The molecule has 2 unspecified atom stereocenters. The third-order valence-electron chi connectivity index (χ3n) is 4.32. The third kappa shape index (κ3) is 1.33. The second kappa shape index (κ2) is 3.86. The average Bonchev–Trinajstić information content (AvgIpc) is 2.82. The van der Waals surface area contributed by atoms with Crippen LogP contribution < -0.4 is 0 Å². The van der Waals surface area contributed by atoms with Crippen LogP contribution in [0.3, 0.4) is 0 Å². The summed E-state index contributed by atoms with van der Waals surface area (Å²) in [6.07, 6.45) is 4.38. The van der Waals surface area contributed by atoms with E-state index in [1.807, 2.05) is 0 Å². The number of rotatable bonds is 0. The van der Waals surface area contributed by atoms with Crippen LogP contribution in [0.4, 0.5) is 4.79 Å². The van der Waals surface area contributed by atoms with Gasteiger partial charge in [0.2, 0.25) is 0 Å². The molecule has 0 aromatic carbocycles. The molecule has 2 aliphatic carbocycles. The van der Waals surface area contributed by atoms with Gasteiger partial charge in [-0.1, -0.05) is 5.57 Å². The number of carboxylic acid groups (broad SMARTS) is 1. The van der Waals surface area contributed by atoms with E-state index in [-0.39, 0.29) is 17.5 Å². The Morgan fingerprint density at radius 3 is 2.72 bits per heavy atom. The van der Waals surface area contributed by atoms with Crippen molar-refractivity contribution in [3.8, 4) is 0 Å². The summed E-state index contributed by atoms with van der Waals surface area (Å²) >= 11 is 0. The van der Waals surface area contributed by atoms with Gasteiger partial charge >= 0.3 is 6.09 Å². The Morgan fingerprint density at radius 1 is 1.33 bits per heavy atom.